The Morgan fingerprint density at radius 3 is 1.62 bits per heavy atom. The minimum atomic E-state index is -0.417. The van der Waals surface area contributed by atoms with Crippen molar-refractivity contribution in [3.05, 3.63) is 133 Å². The summed E-state index contributed by atoms with van der Waals surface area (Å²) in [6.07, 6.45) is 0. The van der Waals surface area contributed by atoms with E-state index in [1.54, 1.807) is 12.1 Å². The maximum atomic E-state index is 8.35. The van der Waals surface area contributed by atoms with Gasteiger partial charge in [0.1, 0.15) is 11.2 Å². The summed E-state index contributed by atoms with van der Waals surface area (Å²) in [6, 6.07) is 31.5. The second kappa shape index (κ2) is 8.89. The molecular weight excluding hydrogens is 452 g/mol. The molecule has 174 valence electrons. The van der Waals surface area contributed by atoms with Gasteiger partial charge in [0.05, 0.1) is 18.2 Å². The summed E-state index contributed by atoms with van der Waals surface area (Å²) in [5.41, 5.74) is 6.22. The van der Waals surface area contributed by atoms with Crippen LogP contribution in [0, 0.1) is 0 Å². The molecule has 2 heterocycles. The number of hydrogen-bond donors (Lipinski definition) is 0. The number of fused-ring (bicyclic) bond motifs is 3. The van der Waals surface area contributed by atoms with Crippen molar-refractivity contribution >= 4 is 21.9 Å². The minimum Gasteiger partial charge on any atom is -0.456 e. The minimum absolute atomic E-state index is 0.142. The lowest BCUT2D eigenvalue weighted by molar-refractivity contribution is 0.669. The summed E-state index contributed by atoms with van der Waals surface area (Å²) in [6.45, 7) is 0. The molecule has 0 aliphatic heterocycles. The fourth-order valence-corrected chi connectivity index (χ4v) is 4.56. The van der Waals surface area contributed by atoms with Crippen LogP contribution >= 0.6 is 0 Å². The Morgan fingerprint density at radius 2 is 1.03 bits per heavy atom. The second-order valence-electron chi connectivity index (χ2n) is 8.72. The molecule has 0 unspecified atom stereocenters. The average Bonchev–Trinajstić information content (AvgIpc) is 3.40. The third-order valence-electron chi connectivity index (χ3n) is 6.39. The summed E-state index contributed by atoms with van der Waals surface area (Å²) < 4.78 is 46.9. The predicted molar refractivity (Wildman–Crippen MR) is 151 cm³/mol. The quantitative estimate of drug-likeness (QED) is 0.253. The van der Waals surface area contributed by atoms with Crippen LogP contribution < -0.4 is 0 Å². The molecule has 37 heavy (non-hydrogen) atoms. The molecular formula is C34H22N2O. The van der Waals surface area contributed by atoms with Crippen LogP contribution in [0.3, 0.4) is 0 Å². The van der Waals surface area contributed by atoms with Gasteiger partial charge in [-0.3, -0.25) is 0 Å². The van der Waals surface area contributed by atoms with Crippen molar-refractivity contribution in [2.75, 3.05) is 0 Å². The summed E-state index contributed by atoms with van der Waals surface area (Å²) in [4.78, 5) is 9.82. The van der Waals surface area contributed by atoms with Gasteiger partial charge in [-0.1, -0.05) is 103 Å². The molecule has 3 heteroatoms. The van der Waals surface area contributed by atoms with Gasteiger partial charge in [-0.2, -0.15) is 0 Å². The Kier molecular flexibility index (Phi) is 3.99. The molecule has 0 radical (unpaired) electrons. The molecule has 3 nitrogen and oxygen atoms in total. The molecule has 0 atom stereocenters. The van der Waals surface area contributed by atoms with Crippen molar-refractivity contribution in [1.82, 2.24) is 9.97 Å². The van der Waals surface area contributed by atoms with Crippen LogP contribution in [0.5, 0.6) is 0 Å². The maximum absolute atomic E-state index is 8.35. The highest BCUT2D eigenvalue weighted by molar-refractivity contribution is 6.06. The molecule has 7 rings (SSSR count). The Morgan fingerprint density at radius 1 is 0.486 bits per heavy atom. The van der Waals surface area contributed by atoms with E-state index in [1.165, 1.54) is 0 Å². The lowest BCUT2D eigenvalue weighted by Gasteiger charge is -2.09. The SMILES string of the molecule is [2H]c1c([2H])c([2H])c(-c2ccc3c(c2)oc2cc(-c4nc(-c5ccccc5)cc(-c5ccccc5)n4)ccc23)c([2H])c1[2H]. The van der Waals surface area contributed by atoms with Gasteiger partial charge in [-0.15, -0.1) is 0 Å². The number of hydrogen-bond acceptors (Lipinski definition) is 3. The molecule has 7 aromatic rings. The summed E-state index contributed by atoms with van der Waals surface area (Å²) in [5.74, 6) is 0.567. The number of aromatic nitrogens is 2. The highest BCUT2D eigenvalue weighted by Gasteiger charge is 2.14. The molecule has 0 spiro atoms. The van der Waals surface area contributed by atoms with Crippen LogP contribution in [0.4, 0.5) is 0 Å². The van der Waals surface area contributed by atoms with E-state index in [0.717, 1.165) is 38.9 Å². The van der Waals surface area contributed by atoms with Gasteiger partial charge in [0.25, 0.3) is 0 Å². The summed E-state index contributed by atoms with van der Waals surface area (Å²) >= 11 is 0. The number of furan rings is 1. The van der Waals surface area contributed by atoms with Gasteiger partial charge in [0.15, 0.2) is 5.82 Å². The molecule has 0 aliphatic rings. The summed E-state index contributed by atoms with van der Waals surface area (Å²) in [7, 11) is 0. The first-order chi connectivity index (χ1) is 20.4. The van der Waals surface area contributed by atoms with Crippen LogP contribution in [-0.4, -0.2) is 9.97 Å². The zero-order chi connectivity index (χ0) is 29.0. The van der Waals surface area contributed by atoms with E-state index in [4.69, 9.17) is 21.2 Å². The summed E-state index contributed by atoms with van der Waals surface area (Å²) in [5, 5.41) is 1.75. The molecule has 0 fully saturated rings. The standard InChI is InChI=1S/C34H22N2O/c1-4-10-23(11-5-1)26-16-18-28-29-19-17-27(21-33(29)37-32(28)20-26)34-35-30(24-12-6-2-7-13-24)22-31(36-34)25-14-8-3-9-15-25/h1-22H/i1D,4D,5D,10D,11D. The van der Waals surface area contributed by atoms with Gasteiger partial charge in [-0.05, 0) is 41.5 Å². The highest BCUT2D eigenvalue weighted by atomic mass is 16.3. The van der Waals surface area contributed by atoms with E-state index in [9.17, 15) is 0 Å². The number of benzene rings is 5. The first-order valence-corrected chi connectivity index (χ1v) is 11.9. The van der Waals surface area contributed by atoms with Crippen molar-refractivity contribution in [1.29, 1.82) is 0 Å². The number of rotatable bonds is 4. The van der Waals surface area contributed by atoms with Gasteiger partial charge in [0, 0.05) is 27.5 Å². The molecule has 0 bridgehead atoms. The molecule has 0 amide bonds. The first-order valence-electron chi connectivity index (χ1n) is 14.4. The topological polar surface area (TPSA) is 38.9 Å². The van der Waals surface area contributed by atoms with Crippen LogP contribution in [0.1, 0.15) is 6.85 Å². The second-order valence-corrected chi connectivity index (χ2v) is 8.72. The third kappa shape index (κ3) is 3.97. The Balaban J connectivity index is 1.37. The van der Waals surface area contributed by atoms with Crippen molar-refractivity contribution in [3.8, 4) is 45.0 Å². The fraction of sp³-hybridized carbons (Fsp3) is 0. The van der Waals surface area contributed by atoms with Crippen LogP contribution in [0.25, 0.3) is 67.0 Å². The van der Waals surface area contributed by atoms with Gasteiger partial charge in [-0.25, -0.2) is 9.97 Å². The monoisotopic (exact) mass is 479 g/mol. The van der Waals surface area contributed by atoms with E-state index in [0.29, 0.717) is 22.6 Å². The first kappa shape index (κ1) is 16.6. The maximum Gasteiger partial charge on any atom is 0.160 e. The van der Waals surface area contributed by atoms with Crippen molar-refractivity contribution in [2.24, 2.45) is 0 Å². The highest BCUT2D eigenvalue weighted by Crippen LogP contribution is 2.35. The van der Waals surface area contributed by atoms with Crippen LogP contribution in [0.2, 0.25) is 0 Å². The van der Waals surface area contributed by atoms with Crippen molar-refractivity contribution < 1.29 is 11.3 Å². The van der Waals surface area contributed by atoms with Crippen molar-refractivity contribution in [3.63, 3.8) is 0 Å². The Hall–Kier alpha value is -5.02. The zero-order valence-corrected chi connectivity index (χ0v) is 19.6. The lowest BCUT2D eigenvalue weighted by Crippen LogP contribution is -1.95. The molecule has 5 aromatic carbocycles. The van der Waals surface area contributed by atoms with Gasteiger partial charge in [0.2, 0.25) is 0 Å². The molecule has 0 N–H and O–H groups in total. The smallest absolute Gasteiger partial charge is 0.160 e. The Bertz CT molecular complexity index is 2060. The third-order valence-corrected chi connectivity index (χ3v) is 6.39. The zero-order valence-electron chi connectivity index (χ0n) is 24.6. The van der Waals surface area contributed by atoms with Gasteiger partial charge >= 0.3 is 0 Å². The lowest BCUT2D eigenvalue weighted by atomic mass is 10.0. The van der Waals surface area contributed by atoms with Crippen LogP contribution in [-0.2, 0) is 0 Å². The Labute approximate surface area is 221 Å². The largest absolute Gasteiger partial charge is 0.456 e. The van der Waals surface area contributed by atoms with E-state index >= 15 is 0 Å². The van der Waals surface area contributed by atoms with Crippen LogP contribution in [0.15, 0.2) is 138 Å². The normalized spacial score (nSPS) is 13.1. The molecule has 2 aromatic heterocycles. The van der Waals surface area contributed by atoms with E-state index < -0.39 is 6.04 Å². The number of nitrogens with zero attached hydrogens (tertiary/aromatic N) is 2. The molecule has 0 saturated carbocycles. The van der Waals surface area contributed by atoms with E-state index in [2.05, 4.69) is 0 Å². The fourth-order valence-electron chi connectivity index (χ4n) is 4.56. The van der Waals surface area contributed by atoms with Gasteiger partial charge < -0.3 is 4.42 Å². The van der Waals surface area contributed by atoms with Crippen molar-refractivity contribution in [2.45, 2.75) is 0 Å². The molecule has 0 aliphatic carbocycles. The predicted octanol–water partition coefficient (Wildman–Crippen LogP) is 9.04. The molecule has 0 saturated heterocycles. The van der Waals surface area contributed by atoms with E-state index in [-0.39, 0.29) is 29.7 Å². The van der Waals surface area contributed by atoms with E-state index in [1.807, 2.05) is 91.0 Å². The average molecular weight is 480 g/mol.